The number of hydrogen-bond acceptors (Lipinski definition) is 7. The molecule has 6 aromatic rings. The molecule has 0 saturated heterocycles. The van der Waals surface area contributed by atoms with Crippen LogP contribution in [0.3, 0.4) is 0 Å². The number of aryl methyl sites for hydroxylation is 2. The SMILES string of the molecule is C.C.C.C.COc1ccc(S(=O)(=O)c2ccc(C)cc2)cc1.COc1ccc(S(=O)(=O)c2ccc(Oc3ccc(C(C)(C)c4ccc(C)cc4)cc3)cc2)cc1. The lowest BCUT2D eigenvalue weighted by Gasteiger charge is -2.26. The molecule has 0 N–H and O–H groups in total. The monoisotopic (exact) mass is 798 g/mol. The largest absolute Gasteiger partial charge is 0.497 e. The van der Waals surface area contributed by atoms with E-state index in [4.69, 9.17) is 14.2 Å². The molecule has 0 amide bonds. The molecule has 0 aliphatic rings. The number of benzene rings is 6. The van der Waals surface area contributed by atoms with E-state index < -0.39 is 19.7 Å². The van der Waals surface area contributed by atoms with Gasteiger partial charge in [0.05, 0.1) is 33.8 Å². The van der Waals surface area contributed by atoms with E-state index in [1.165, 1.54) is 28.8 Å². The normalized spacial score (nSPS) is 10.8. The fourth-order valence-corrected chi connectivity index (χ4v) is 7.92. The molecule has 0 saturated carbocycles. The summed E-state index contributed by atoms with van der Waals surface area (Å²) in [5.41, 5.74) is 4.57. The smallest absolute Gasteiger partial charge is 0.206 e. The summed E-state index contributed by atoms with van der Waals surface area (Å²) >= 11 is 0. The third kappa shape index (κ3) is 11.3. The third-order valence-electron chi connectivity index (χ3n) is 8.79. The molecule has 7 nitrogen and oxygen atoms in total. The van der Waals surface area contributed by atoms with Gasteiger partial charge < -0.3 is 14.2 Å². The van der Waals surface area contributed by atoms with Gasteiger partial charge in [0.1, 0.15) is 23.0 Å². The second-order valence-electron chi connectivity index (χ2n) is 12.8. The van der Waals surface area contributed by atoms with Crippen molar-refractivity contribution >= 4 is 19.7 Å². The predicted molar refractivity (Wildman–Crippen MR) is 231 cm³/mol. The topological polar surface area (TPSA) is 96.0 Å². The highest BCUT2D eigenvalue weighted by Crippen LogP contribution is 2.34. The molecule has 0 bridgehead atoms. The van der Waals surface area contributed by atoms with Gasteiger partial charge in [-0.15, -0.1) is 0 Å². The van der Waals surface area contributed by atoms with Crippen LogP contribution in [0.15, 0.2) is 165 Å². The number of methoxy groups -OCH3 is 2. The van der Waals surface area contributed by atoms with Crippen molar-refractivity contribution in [3.63, 3.8) is 0 Å². The lowest BCUT2D eigenvalue weighted by molar-refractivity contribution is 0.414. The van der Waals surface area contributed by atoms with E-state index in [1.54, 1.807) is 99.1 Å². The molecular formula is C47H58O7S2. The zero-order valence-corrected chi connectivity index (χ0v) is 31.7. The first-order valence-corrected chi connectivity index (χ1v) is 19.5. The molecule has 0 unspecified atom stereocenters. The molecule has 0 aromatic heterocycles. The van der Waals surface area contributed by atoms with Gasteiger partial charge in [0.2, 0.25) is 19.7 Å². The Hall–Kier alpha value is -5.38. The Balaban J connectivity index is 0.000000611. The van der Waals surface area contributed by atoms with E-state index in [0.29, 0.717) is 27.9 Å². The Kier molecular flexibility index (Phi) is 17.8. The Labute approximate surface area is 336 Å². The molecule has 0 radical (unpaired) electrons. The summed E-state index contributed by atoms with van der Waals surface area (Å²) in [6, 6.07) is 42.6. The fraction of sp³-hybridized carbons (Fsp3) is 0.234. The van der Waals surface area contributed by atoms with Gasteiger partial charge in [-0.2, -0.15) is 0 Å². The number of rotatable bonds is 10. The molecule has 0 heterocycles. The van der Waals surface area contributed by atoms with E-state index in [9.17, 15) is 16.8 Å². The van der Waals surface area contributed by atoms with Crippen LogP contribution >= 0.6 is 0 Å². The molecule has 0 aliphatic heterocycles. The van der Waals surface area contributed by atoms with Crippen molar-refractivity contribution in [3.8, 4) is 23.0 Å². The van der Waals surface area contributed by atoms with Crippen molar-refractivity contribution in [1.82, 2.24) is 0 Å². The average Bonchev–Trinajstić information content (AvgIpc) is 3.16. The lowest BCUT2D eigenvalue weighted by Crippen LogP contribution is -2.18. The summed E-state index contributed by atoms with van der Waals surface area (Å²) < 4.78 is 66.5. The molecule has 6 rings (SSSR count). The molecule has 9 heteroatoms. The molecule has 56 heavy (non-hydrogen) atoms. The third-order valence-corrected chi connectivity index (χ3v) is 12.4. The second-order valence-corrected chi connectivity index (χ2v) is 16.7. The van der Waals surface area contributed by atoms with Crippen molar-refractivity contribution in [1.29, 1.82) is 0 Å². The van der Waals surface area contributed by atoms with Gasteiger partial charge in [0, 0.05) is 5.41 Å². The van der Waals surface area contributed by atoms with Crippen LogP contribution in [-0.2, 0) is 25.1 Å². The first kappa shape index (κ1) is 48.6. The summed E-state index contributed by atoms with van der Waals surface area (Å²) in [7, 11) is -3.96. The highest BCUT2D eigenvalue weighted by atomic mass is 32.2. The molecule has 0 aliphatic carbocycles. The Morgan fingerprint density at radius 1 is 0.375 bits per heavy atom. The zero-order chi connectivity index (χ0) is 37.5. The molecule has 0 fully saturated rings. The first-order chi connectivity index (χ1) is 24.7. The first-order valence-electron chi connectivity index (χ1n) is 16.5. The second kappa shape index (κ2) is 20.5. The van der Waals surface area contributed by atoms with Crippen LogP contribution in [-0.4, -0.2) is 31.1 Å². The average molecular weight is 799 g/mol. The van der Waals surface area contributed by atoms with Gasteiger partial charge in [-0.3, -0.25) is 0 Å². The molecule has 0 atom stereocenters. The quantitative estimate of drug-likeness (QED) is 0.136. The standard InChI is InChI=1S/C29H28O4S.C14H14O3S.4CH4/c1-21-5-7-22(8-6-21)29(2,3)23-9-11-25(12-10-23)33-26-15-19-28(20-16-26)34(30,31)27-17-13-24(32-4)14-18-27;1-11-3-7-13(8-4-11)18(15,16)14-9-5-12(17-2)6-10-14;;;;/h5-20H,1-4H3;3-10H,1-2H3;4*1H4. The van der Waals surface area contributed by atoms with E-state index in [1.807, 2.05) is 19.1 Å². The van der Waals surface area contributed by atoms with Gasteiger partial charge >= 0.3 is 0 Å². The highest BCUT2D eigenvalue weighted by molar-refractivity contribution is 7.91. The minimum atomic E-state index is -3.62. The van der Waals surface area contributed by atoms with Gasteiger partial charge in [0.25, 0.3) is 0 Å². The number of sulfone groups is 2. The summed E-state index contributed by atoms with van der Waals surface area (Å²) in [4.78, 5) is 0.999. The van der Waals surface area contributed by atoms with Gasteiger partial charge in [-0.05, 0) is 122 Å². The summed E-state index contributed by atoms with van der Waals surface area (Å²) in [6.45, 7) is 8.42. The van der Waals surface area contributed by atoms with Crippen molar-refractivity contribution in [2.45, 2.75) is 82.4 Å². The maximum Gasteiger partial charge on any atom is 0.206 e. The van der Waals surface area contributed by atoms with Crippen LogP contribution in [0.5, 0.6) is 23.0 Å². The summed E-state index contributed by atoms with van der Waals surface area (Å²) in [5, 5.41) is 0. The van der Waals surface area contributed by atoms with Crippen molar-refractivity contribution < 1.29 is 31.0 Å². The van der Waals surface area contributed by atoms with Crippen molar-refractivity contribution in [2.24, 2.45) is 0 Å². The van der Waals surface area contributed by atoms with Crippen LogP contribution in [0.1, 0.15) is 65.8 Å². The highest BCUT2D eigenvalue weighted by Gasteiger charge is 2.23. The van der Waals surface area contributed by atoms with Crippen LogP contribution < -0.4 is 14.2 Å². The number of ether oxygens (including phenoxy) is 3. The molecule has 6 aromatic carbocycles. The minimum absolute atomic E-state index is 0. The summed E-state index contributed by atoms with van der Waals surface area (Å²) in [6.07, 6.45) is 0. The minimum Gasteiger partial charge on any atom is -0.497 e. The predicted octanol–water partition coefficient (Wildman–Crippen LogP) is 12.3. The molecular weight excluding hydrogens is 741 g/mol. The zero-order valence-electron chi connectivity index (χ0n) is 30.0. The Bertz CT molecular complexity index is 2300. The van der Waals surface area contributed by atoms with Crippen molar-refractivity contribution in [2.75, 3.05) is 14.2 Å². The maximum atomic E-state index is 12.9. The Morgan fingerprint density at radius 3 is 0.911 bits per heavy atom. The van der Waals surface area contributed by atoms with Crippen LogP contribution in [0.4, 0.5) is 0 Å². The van der Waals surface area contributed by atoms with E-state index in [0.717, 1.165) is 5.56 Å². The Morgan fingerprint density at radius 2 is 0.607 bits per heavy atom. The summed E-state index contributed by atoms with van der Waals surface area (Å²) in [5.74, 6) is 2.50. The fourth-order valence-electron chi connectivity index (χ4n) is 5.40. The lowest BCUT2D eigenvalue weighted by atomic mass is 9.78. The van der Waals surface area contributed by atoms with E-state index >= 15 is 0 Å². The van der Waals surface area contributed by atoms with Crippen molar-refractivity contribution in [3.05, 3.63) is 168 Å². The molecule has 300 valence electrons. The van der Waals surface area contributed by atoms with Crippen LogP contribution in [0, 0.1) is 13.8 Å². The van der Waals surface area contributed by atoms with Crippen LogP contribution in [0.25, 0.3) is 0 Å². The number of hydrogen-bond donors (Lipinski definition) is 0. The maximum absolute atomic E-state index is 12.9. The van der Waals surface area contributed by atoms with Gasteiger partial charge in [-0.25, -0.2) is 16.8 Å². The van der Waals surface area contributed by atoms with Gasteiger partial charge in [-0.1, -0.05) is 103 Å². The van der Waals surface area contributed by atoms with Gasteiger partial charge in [0.15, 0.2) is 0 Å². The van der Waals surface area contributed by atoms with Crippen LogP contribution in [0.2, 0.25) is 0 Å². The van der Waals surface area contributed by atoms with E-state index in [-0.39, 0.29) is 49.8 Å². The van der Waals surface area contributed by atoms with E-state index in [2.05, 4.69) is 57.2 Å². The molecule has 0 spiro atoms.